The number of cyclic esters (lactones) is 1. The van der Waals surface area contributed by atoms with Gasteiger partial charge < -0.3 is 4.74 Å². The molecule has 1 aromatic carbocycles. The van der Waals surface area contributed by atoms with Gasteiger partial charge in [0, 0.05) is 24.7 Å². The molecule has 2 aromatic rings. The molecule has 0 aliphatic carbocycles. The number of sulfonamides is 1. The Kier molecular flexibility index (Phi) is 3.69. The number of carbonyl (C=O) groups is 2. The first kappa shape index (κ1) is 16.0. The van der Waals surface area contributed by atoms with Crippen LogP contribution in [0.15, 0.2) is 41.4 Å². The molecular weight excluding hydrogens is 346 g/mol. The van der Waals surface area contributed by atoms with Crippen molar-refractivity contribution in [1.29, 1.82) is 0 Å². The fourth-order valence-electron chi connectivity index (χ4n) is 3.28. The minimum Gasteiger partial charge on any atom is -0.439 e. The van der Waals surface area contributed by atoms with Gasteiger partial charge in [0.05, 0.1) is 11.6 Å². The van der Waals surface area contributed by atoms with E-state index >= 15 is 0 Å². The zero-order chi connectivity index (χ0) is 17.6. The highest BCUT2D eigenvalue weighted by molar-refractivity contribution is 7.89. The Morgan fingerprint density at radius 1 is 1.16 bits per heavy atom. The van der Waals surface area contributed by atoms with E-state index in [1.807, 2.05) is 0 Å². The number of aromatic nitrogens is 1. The number of carbonyl (C=O) groups excluding carboxylic acids is 2. The third-order valence-corrected chi connectivity index (χ3v) is 6.39. The average molecular weight is 361 g/mol. The van der Waals surface area contributed by atoms with E-state index in [2.05, 4.69) is 4.98 Å². The highest BCUT2D eigenvalue weighted by Crippen LogP contribution is 2.28. The Morgan fingerprint density at radius 3 is 2.72 bits per heavy atom. The molecule has 25 heavy (non-hydrogen) atoms. The van der Waals surface area contributed by atoms with Crippen LogP contribution in [0.3, 0.4) is 0 Å². The molecular formula is C16H15N3O5S. The van der Waals surface area contributed by atoms with Crippen LogP contribution in [-0.2, 0) is 19.6 Å². The van der Waals surface area contributed by atoms with Crippen molar-refractivity contribution in [3.63, 3.8) is 0 Å². The van der Waals surface area contributed by atoms with Gasteiger partial charge in [0.1, 0.15) is 4.90 Å². The van der Waals surface area contributed by atoms with Gasteiger partial charge in [-0.1, -0.05) is 18.2 Å². The molecule has 2 aliphatic rings. The molecule has 1 aromatic heterocycles. The molecule has 0 N–H and O–H groups in total. The van der Waals surface area contributed by atoms with E-state index in [1.165, 1.54) is 10.4 Å². The second-order valence-electron chi connectivity index (χ2n) is 5.96. The lowest BCUT2D eigenvalue weighted by Crippen LogP contribution is -2.42. The van der Waals surface area contributed by atoms with Crippen molar-refractivity contribution in [2.75, 3.05) is 19.7 Å². The van der Waals surface area contributed by atoms with E-state index in [9.17, 15) is 18.0 Å². The Morgan fingerprint density at radius 2 is 1.96 bits per heavy atom. The van der Waals surface area contributed by atoms with Crippen molar-refractivity contribution in [1.82, 2.24) is 14.2 Å². The van der Waals surface area contributed by atoms with Gasteiger partial charge in [0.2, 0.25) is 10.0 Å². The van der Waals surface area contributed by atoms with Gasteiger partial charge in [-0.25, -0.2) is 18.1 Å². The molecule has 3 heterocycles. The number of fused-ring (bicyclic) bond motifs is 1. The molecule has 2 amide bonds. The lowest BCUT2D eigenvalue weighted by Gasteiger charge is -2.20. The van der Waals surface area contributed by atoms with Crippen molar-refractivity contribution < 1.29 is 22.7 Å². The molecule has 0 bridgehead atoms. The van der Waals surface area contributed by atoms with Crippen molar-refractivity contribution in [3.05, 3.63) is 36.5 Å². The highest BCUT2D eigenvalue weighted by Gasteiger charge is 2.43. The number of amides is 2. The van der Waals surface area contributed by atoms with E-state index in [0.29, 0.717) is 11.9 Å². The van der Waals surface area contributed by atoms with Gasteiger partial charge in [-0.2, -0.15) is 4.31 Å². The summed E-state index contributed by atoms with van der Waals surface area (Å²) in [5, 5.41) is 0.734. The maximum atomic E-state index is 13.0. The highest BCUT2D eigenvalue weighted by atomic mass is 32.2. The smallest absolute Gasteiger partial charge is 0.417 e. The summed E-state index contributed by atoms with van der Waals surface area (Å²) in [7, 11) is -3.78. The SMILES string of the molecule is O=C1COC(=O)N1[C@H]1CCN(S(=O)(=O)c2cccc3cccnc23)C1. The predicted molar refractivity (Wildman–Crippen MR) is 87.1 cm³/mol. The van der Waals surface area contributed by atoms with Crippen LogP contribution in [0.5, 0.6) is 0 Å². The number of para-hydroxylation sites is 1. The molecule has 9 heteroatoms. The quantitative estimate of drug-likeness (QED) is 0.808. The molecule has 4 rings (SSSR count). The number of pyridine rings is 1. The number of ether oxygens (including phenoxy) is 1. The van der Waals surface area contributed by atoms with E-state index in [1.54, 1.807) is 30.5 Å². The third-order valence-electron chi connectivity index (χ3n) is 4.49. The van der Waals surface area contributed by atoms with E-state index in [0.717, 1.165) is 10.3 Å². The summed E-state index contributed by atoms with van der Waals surface area (Å²) in [5.41, 5.74) is 0.408. The first-order valence-corrected chi connectivity index (χ1v) is 9.25. The van der Waals surface area contributed by atoms with Gasteiger partial charge in [-0.3, -0.25) is 9.78 Å². The van der Waals surface area contributed by atoms with Crippen molar-refractivity contribution in [2.24, 2.45) is 0 Å². The van der Waals surface area contributed by atoms with E-state index in [4.69, 9.17) is 4.74 Å². The first-order valence-electron chi connectivity index (χ1n) is 7.81. The standard InChI is InChI=1S/C16H15N3O5S/c20-14-10-24-16(21)19(14)12-6-8-18(9-12)25(22,23)13-5-1-3-11-4-2-7-17-15(11)13/h1-5,7,12H,6,8-10H2/t12-/m0/s1. The van der Waals surface area contributed by atoms with Gasteiger partial charge in [-0.15, -0.1) is 0 Å². The van der Waals surface area contributed by atoms with Crippen LogP contribution in [0.25, 0.3) is 10.9 Å². The average Bonchev–Trinajstić information content (AvgIpc) is 3.21. The van der Waals surface area contributed by atoms with E-state index < -0.39 is 28.1 Å². The topological polar surface area (TPSA) is 96.9 Å². The zero-order valence-corrected chi connectivity index (χ0v) is 14.0. The van der Waals surface area contributed by atoms with Crippen LogP contribution < -0.4 is 0 Å². The molecule has 8 nitrogen and oxygen atoms in total. The number of nitrogens with zero attached hydrogens (tertiary/aromatic N) is 3. The van der Waals surface area contributed by atoms with Crippen LogP contribution in [0.2, 0.25) is 0 Å². The summed E-state index contributed by atoms with van der Waals surface area (Å²) in [4.78, 5) is 28.8. The minimum atomic E-state index is -3.78. The lowest BCUT2D eigenvalue weighted by molar-refractivity contribution is -0.127. The Bertz CT molecular complexity index is 953. The van der Waals surface area contributed by atoms with Crippen LogP contribution in [0.1, 0.15) is 6.42 Å². The van der Waals surface area contributed by atoms with Crippen molar-refractivity contribution in [3.8, 4) is 0 Å². The molecule has 2 saturated heterocycles. The normalized spacial score (nSPS) is 21.9. The monoisotopic (exact) mass is 361 g/mol. The number of rotatable bonds is 3. The van der Waals surface area contributed by atoms with Crippen LogP contribution >= 0.6 is 0 Å². The summed E-state index contributed by atoms with van der Waals surface area (Å²) < 4.78 is 32.1. The summed E-state index contributed by atoms with van der Waals surface area (Å²) in [6.45, 7) is 0.00893. The second-order valence-corrected chi connectivity index (χ2v) is 7.86. The van der Waals surface area contributed by atoms with Crippen molar-refractivity contribution in [2.45, 2.75) is 17.4 Å². The summed E-state index contributed by atoms with van der Waals surface area (Å²) in [6.07, 6.45) is 1.23. The lowest BCUT2D eigenvalue weighted by atomic mass is 10.2. The van der Waals surface area contributed by atoms with Crippen molar-refractivity contribution >= 4 is 32.9 Å². The molecule has 2 fully saturated rings. The molecule has 130 valence electrons. The minimum absolute atomic E-state index is 0.0619. The summed E-state index contributed by atoms with van der Waals surface area (Å²) in [5.74, 6) is -0.430. The number of hydrogen-bond donors (Lipinski definition) is 0. The Hall–Kier alpha value is -2.52. The van der Waals surface area contributed by atoms with Gasteiger partial charge >= 0.3 is 6.09 Å². The van der Waals surface area contributed by atoms with Gasteiger partial charge in [-0.05, 0) is 18.6 Å². The van der Waals surface area contributed by atoms with Gasteiger partial charge in [0.15, 0.2) is 6.61 Å². The fourth-order valence-corrected chi connectivity index (χ4v) is 4.94. The maximum absolute atomic E-state index is 13.0. The Balaban J connectivity index is 1.65. The largest absolute Gasteiger partial charge is 0.439 e. The number of imide groups is 1. The maximum Gasteiger partial charge on any atom is 0.417 e. The number of benzene rings is 1. The van der Waals surface area contributed by atoms with Crippen LogP contribution in [0.4, 0.5) is 4.79 Å². The summed E-state index contributed by atoms with van der Waals surface area (Å²) >= 11 is 0. The molecule has 1 atom stereocenters. The van der Waals surface area contributed by atoms with E-state index in [-0.39, 0.29) is 24.6 Å². The zero-order valence-electron chi connectivity index (χ0n) is 13.2. The molecule has 0 radical (unpaired) electrons. The molecule has 0 spiro atoms. The number of hydrogen-bond acceptors (Lipinski definition) is 6. The molecule has 0 unspecified atom stereocenters. The third kappa shape index (κ3) is 2.56. The van der Waals surface area contributed by atoms with Gasteiger partial charge in [0.25, 0.3) is 5.91 Å². The molecule has 0 saturated carbocycles. The van der Waals surface area contributed by atoms with Crippen LogP contribution in [0, 0.1) is 0 Å². The predicted octanol–water partition coefficient (Wildman–Crippen LogP) is 0.977. The fraction of sp³-hybridized carbons (Fsp3) is 0.312. The summed E-state index contributed by atoms with van der Waals surface area (Å²) in [6, 6.07) is 8.04. The first-order chi connectivity index (χ1) is 12.0. The Labute approximate surface area is 144 Å². The van der Waals surface area contributed by atoms with Crippen LogP contribution in [-0.4, -0.2) is 60.3 Å². The second kappa shape index (κ2) is 5.78. The molecule has 2 aliphatic heterocycles.